The molecule has 0 spiro atoms. The largest absolute Gasteiger partial charge is 0.378 e. The van der Waals surface area contributed by atoms with Gasteiger partial charge in [0.05, 0.1) is 39.8 Å². The number of thioether (sulfide) groups is 1. The normalized spacial score (nSPS) is 14.6. The van der Waals surface area contributed by atoms with Gasteiger partial charge < -0.3 is 9.64 Å². The summed E-state index contributed by atoms with van der Waals surface area (Å²) in [6.45, 7) is 1.96. The highest BCUT2D eigenvalue weighted by atomic mass is 32.2. The van der Waals surface area contributed by atoms with Gasteiger partial charge in [-0.3, -0.25) is 25.0 Å². The van der Waals surface area contributed by atoms with Crippen molar-refractivity contribution < 1.29 is 19.4 Å². The van der Waals surface area contributed by atoms with Crippen LogP contribution in [0.25, 0.3) is 0 Å². The van der Waals surface area contributed by atoms with E-state index in [2.05, 4.69) is 0 Å². The molecule has 1 heterocycles. The Kier molecular flexibility index (Phi) is 5.28. The fourth-order valence-electron chi connectivity index (χ4n) is 1.93. The fraction of sp³-hybridized carbons (Fsp3) is 0.417. The van der Waals surface area contributed by atoms with E-state index in [0.717, 1.165) is 17.8 Å². The predicted octanol–water partition coefficient (Wildman–Crippen LogP) is 1.45. The Morgan fingerprint density at radius 1 is 1.23 bits per heavy atom. The lowest BCUT2D eigenvalue weighted by molar-refractivity contribution is -0.396. The Hall–Kier alpha value is -2.20. The number of nitrogens with zero attached hydrogens (tertiary/aromatic N) is 3. The third kappa shape index (κ3) is 3.92. The lowest BCUT2D eigenvalue weighted by atomic mass is 10.3. The molecule has 10 heteroatoms. The van der Waals surface area contributed by atoms with Gasteiger partial charge in [-0.25, -0.2) is 0 Å². The van der Waals surface area contributed by atoms with Gasteiger partial charge >= 0.3 is 0 Å². The summed E-state index contributed by atoms with van der Waals surface area (Å²) in [5.74, 6) is -0.0977. The minimum atomic E-state index is -0.694. The van der Waals surface area contributed by atoms with E-state index in [1.165, 1.54) is 12.1 Å². The van der Waals surface area contributed by atoms with E-state index in [-0.39, 0.29) is 27.9 Å². The summed E-state index contributed by atoms with van der Waals surface area (Å²) in [6.07, 6.45) is 0. The molecule has 2 rings (SSSR count). The summed E-state index contributed by atoms with van der Waals surface area (Å²) >= 11 is 1.00. The van der Waals surface area contributed by atoms with Crippen LogP contribution in [0.3, 0.4) is 0 Å². The average Bonchev–Trinajstić information content (AvgIpc) is 2.53. The molecule has 0 atom stereocenters. The number of morpholine rings is 1. The number of non-ortho nitro benzene ring substituents is 1. The van der Waals surface area contributed by atoms with Gasteiger partial charge in [-0.05, 0) is 6.07 Å². The van der Waals surface area contributed by atoms with Crippen LogP contribution in [0.15, 0.2) is 23.1 Å². The van der Waals surface area contributed by atoms with Gasteiger partial charge in [-0.15, -0.1) is 11.8 Å². The predicted molar refractivity (Wildman–Crippen MR) is 77.9 cm³/mol. The molecule has 118 valence electrons. The van der Waals surface area contributed by atoms with Gasteiger partial charge in [-0.2, -0.15) is 0 Å². The number of amides is 1. The molecule has 0 N–H and O–H groups in total. The number of carbonyl (C=O) groups is 1. The highest BCUT2D eigenvalue weighted by Crippen LogP contribution is 2.32. The van der Waals surface area contributed by atoms with Gasteiger partial charge in [0.2, 0.25) is 5.91 Å². The first-order valence-electron chi connectivity index (χ1n) is 6.40. The summed E-state index contributed by atoms with van der Waals surface area (Å²) in [4.78, 5) is 34.1. The Balaban J connectivity index is 2.07. The van der Waals surface area contributed by atoms with Gasteiger partial charge in [-0.1, -0.05) is 0 Å². The molecule has 22 heavy (non-hydrogen) atoms. The van der Waals surface area contributed by atoms with Crippen LogP contribution in [0.1, 0.15) is 0 Å². The molecule has 1 aromatic rings. The molecule has 0 bridgehead atoms. The van der Waals surface area contributed by atoms with Gasteiger partial charge in [0.25, 0.3) is 11.4 Å². The standard InChI is InChI=1S/C12H13N3O6S/c16-12(13-3-5-21-6-4-13)8-22-11-2-1-9(14(17)18)7-10(11)15(19)20/h1-2,7H,3-6,8H2. The minimum Gasteiger partial charge on any atom is -0.378 e. The van der Waals surface area contributed by atoms with Crippen molar-refractivity contribution in [2.45, 2.75) is 4.90 Å². The van der Waals surface area contributed by atoms with Crippen LogP contribution in [0.2, 0.25) is 0 Å². The second-order valence-corrected chi connectivity index (χ2v) is 5.47. The molecule has 9 nitrogen and oxygen atoms in total. The van der Waals surface area contributed by atoms with Gasteiger partial charge in [0, 0.05) is 19.2 Å². The van der Waals surface area contributed by atoms with Crippen LogP contribution in [-0.4, -0.2) is 52.7 Å². The lowest BCUT2D eigenvalue weighted by Crippen LogP contribution is -2.41. The van der Waals surface area contributed by atoms with E-state index < -0.39 is 9.85 Å². The van der Waals surface area contributed by atoms with E-state index in [0.29, 0.717) is 26.3 Å². The Bertz CT molecular complexity index is 603. The highest BCUT2D eigenvalue weighted by Gasteiger charge is 2.22. The van der Waals surface area contributed by atoms with E-state index in [1.54, 1.807) is 4.90 Å². The van der Waals surface area contributed by atoms with E-state index in [4.69, 9.17) is 4.74 Å². The molecular weight excluding hydrogens is 314 g/mol. The molecule has 1 aliphatic rings. The van der Waals surface area contributed by atoms with Crippen molar-refractivity contribution in [2.75, 3.05) is 32.1 Å². The van der Waals surface area contributed by atoms with Crippen molar-refractivity contribution in [3.05, 3.63) is 38.4 Å². The molecule has 1 saturated heterocycles. The van der Waals surface area contributed by atoms with Gasteiger partial charge in [0.1, 0.15) is 0 Å². The zero-order valence-electron chi connectivity index (χ0n) is 11.5. The first-order valence-corrected chi connectivity index (χ1v) is 7.39. The molecule has 1 amide bonds. The van der Waals surface area contributed by atoms with E-state index in [1.807, 2.05) is 0 Å². The topological polar surface area (TPSA) is 116 Å². The highest BCUT2D eigenvalue weighted by molar-refractivity contribution is 8.00. The number of ether oxygens (including phenoxy) is 1. The maximum absolute atomic E-state index is 12.0. The molecule has 0 saturated carbocycles. The number of benzene rings is 1. The molecule has 0 unspecified atom stereocenters. The fourth-order valence-corrected chi connectivity index (χ4v) is 2.83. The van der Waals surface area contributed by atoms with E-state index >= 15 is 0 Å². The summed E-state index contributed by atoms with van der Waals surface area (Å²) < 4.78 is 5.14. The van der Waals surface area contributed by atoms with Gasteiger partial charge in [0.15, 0.2) is 0 Å². The van der Waals surface area contributed by atoms with Crippen molar-refractivity contribution in [1.82, 2.24) is 4.90 Å². The Morgan fingerprint density at radius 2 is 1.91 bits per heavy atom. The SMILES string of the molecule is O=C(CSc1ccc([N+](=O)[O-])cc1[N+](=O)[O-])N1CCOCC1. The van der Waals surface area contributed by atoms with Crippen LogP contribution in [0.5, 0.6) is 0 Å². The Morgan fingerprint density at radius 3 is 2.50 bits per heavy atom. The molecule has 1 aliphatic heterocycles. The van der Waals surface area contributed by atoms with Crippen molar-refractivity contribution >= 4 is 29.0 Å². The Labute approximate surface area is 129 Å². The molecule has 0 aliphatic carbocycles. The molecular formula is C12H13N3O6S. The number of carbonyl (C=O) groups excluding carboxylic acids is 1. The average molecular weight is 327 g/mol. The third-order valence-corrected chi connectivity index (χ3v) is 4.11. The van der Waals surface area contributed by atoms with Crippen LogP contribution in [0, 0.1) is 20.2 Å². The first kappa shape index (κ1) is 16.2. The zero-order valence-corrected chi connectivity index (χ0v) is 12.3. The number of rotatable bonds is 5. The van der Waals surface area contributed by atoms with Crippen LogP contribution >= 0.6 is 11.8 Å². The second-order valence-electron chi connectivity index (χ2n) is 4.45. The third-order valence-electron chi connectivity index (χ3n) is 3.06. The maximum Gasteiger partial charge on any atom is 0.289 e. The second kappa shape index (κ2) is 7.18. The number of hydrogen-bond acceptors (Lipinski definition) is 7. The van der Waals surface area contributed by atoms with Crippen LogP contribution in [-0.2, 0) is 9.53 Å². The summed E-state index contributed by atoms with van der Waals surface area (Å²) in [7, 11) is 0. The molecule has 0 radical (unpaired) electrons. The van der Waals surface area contributed by atoms with Crippen molar-refractivity contribution in [2.24, 2.45) is 0 Å². The van der Waals surface area contributed by atoms with Crippen molar-refractivity contribution in [1.29, 1.82) is 0 Å². The minimum absolute atomic E-state index is 0.0403. The molecule has 1 aromatic carbocycles. The summed E-state index contributed by atoms with van der Waals surface area (Å²) in [5.41, 5.74) is -0.718. The quantitative estimate of drug-likeness (QED) is 0.456. The summed E-state index contributed by atoms with van der Waals surface area (Å²) in [5, 5.41) is 21.7. The summed E-state index contributed by atoms with van der Waals surface area (Å²) in [6, 6.07) is 3.39. The number of hydrogen-bond donors (Lipinski definition) is 0. The first-order chi connectivity index (χ1) is 10.5. The van der Waals surface area contributed by atoms with Crippen molar-refractivity contribution in [3.63, 3.8) is 0 Å². The van der Waals surface area contributed by atoms with E-state index in [9.17, 15) is 25.0 Å². The lowest BCUT2D eigenvalue weighted by Gasteiger charge is -2.26. The zero-order chi connectivity index (χ0) is 16.1. The monoisotopic (exact) mass is 327 g/mol. The van der Waals surface area contributed by atoms with Crippen LogP contribution in [0.4, 0.5) is 11.4 Å². The van der Waals surface area contributed by atoms with Crippen molar-refractivity contribution in [3.8, 4) is 0 Å². The molecule has 0 aromatic heterocycles. The van der Waals surface area contributed by atoms with Crippen LogP contribution < -0.4 is 0 Å². The molecule has 1 fully saturated rings. The number of nitro groups is 2. The smallest absolute Gasteiger partial charge is 0.289 e. The number of nitro benzene ring substituents is 2. The maximum atomic E-state index is 12.0.